The summed E-state index contributed by atoms with van der Waals surface area (Å²) < 4.78 is 20.9. The van der Waals surface area contributed by atoms with Crippen LogP contribution in [0.25, 0.3) is 11.3 Å². The van der Waals surface area contributed by atoms with E-state index in [0.717, 1.165) is 35.5 Å². The van der Waals surface area contributed by atoms with Crippen molar-refractivity contribution in [3.8, 4) is 11.3 Å². The Labute approximate surface area is 160 Å². The highest BCUT2D eigenvalue weighted by Crippen LogP contribution is 2.26. The molecule has 27 heavy (non-hydrogen) atoms. The lowest BCUT2D eigenvalue weighted by Crippen LogP contribution is -2.43. The maximum absolute atomic E-state index is 13.2. The van der Waals surface area contributed by atoms with Gasteiger partial charge < -0.3 is 14.2 Å². The number of aryl methyl sites for hydroxylation is 1. The van der Waals surface area contributed by atoms with Gasteiger partial charge >= 0.3 is 6.09 Å². The highest BCUT2D eigenvalue weighted by atomic mass is 19.1. The van der Waals surface area contributed by atoms with Crippen molar-refractivity contribution in [1.82, 2.24) is 14.5 Å². The summed E-state index contributed by atoms with van der Waals surface area (Å²) in [6.45, 7) is 8.98. The molecule has 0 N–H and O–H groups in total. The number of carbonyl (C=O) groups is 1. The fourth-order valence-electron chi connectivity index (χ4n) is 3.71. The summed E-state index contributed by atoms with van der Waals surface area (Å²) in [5.41, 5.74) is 2.41. The Kier molecular flexibility index (Phi) is 5.31. The van der Waals surface area contributed by atoms with E-state index in [2.05, 4.69) is 12.4 Å². The summed E-state index contributed by atoms with van der Waals surface area (Å²) in [7, 11) is 2.05. The zero-order valence-corrected chi connectivity index (χ0v) is 16.8. The zero-order chi connectivity index (χ0) is 19.8. The quantitative estimate of drug-likeness (QED) is 0.763. The number of hydrogen-bond acceptors (Lipinski definition) is 3. The van der Waals surface area contributed by atoms with E-state index >= 15 is 0 Å². The van der Waals surface area contributed by atoms with Gasteiger partial charge in [-0.3, -0.25) is 0 Å². The van der Waals surface area contributed by atoms with Gasteiger partial charge in [0, 0.05) is 24.7 Å². The van der Waals surface area contributed by atoms with E-state index in [-0.39, 0.29) is 11.9 Å². The first kappa shape index (κ1) is 19.5. The minimum absolute atomic E-state index is 0.243. The SMILES string of the molecule is Bc1c(-c2ccc(F)cc2)nc(C)n1C1CCN(C(=O)OC(C)(C)C)CC1. The van der Waals surface area contributed by atoms with Crippen molar-refractivity contribution >= 4 is 19.5 Å². The van der Waals surface area contributed by atoms with Crippen LogP contribution in [-0.2, 0) is 4.74 Å². The minimum Gasteiger partial charge on any atom is -0.444 e. The molecule has 1 aliphatic heterocycles. The lowest BCUT2D eigenvalue weighted by Gasteiger charge is -2.34. The molecule has 0 radical (unpaired) electrons. The second kappa shape index (κ2) is 7.37. The number of imidazole rings is 1. The molecule has 7 heteroatoms. The molecule has 0 bridgehead atoms. The van der Waals surface area contributed by atoms with E-state index in [4.69, 9.17) is 9.72 Å². The molecular weight excluding hydrogens is 344 g/mol. The molecule has 0 unspecified atom stereocenters. The van der Waals surface area contributed by atoms with Crippen LogP contribution in [0.15, 0.2) is 24.3 Å². The van der Waals surface area contributed by atoms with E-state index < -0.39 is 5.60 Å². The third-order valence-corrected chi connectivity index (χ3v) is 4.93. The number of ether oxygens (including phenoxy) is 1. The first-order valence-electron chi connectivity index (χ1n) is 9.45. The summed E-state index contributed by atoms with van der Waals surface area (Å²) in [6.07, 6.45) is 1.48. The topological polar surface area (TPSA) is 47.4 Å². The first-order valence-corrected chi connectivity index (χ1v) is 9.45. The molecule has 5 nitrogen and oxygen atoms in total. The molecule has 0 spiro atoms. The Balaban J connectivity index is 1.73. The van der Waals surface area contributed by atoms with E-state index in [9.17, 15) is 9.18 Å². The van der Waals surface area contributed by atoms with E-state index in [0.29, 0.717) is 19.1 Å². The van der Waals surface area contributed by atoms with Crippen molar-refractivity contribution < 1.29 is 13.9 Å². The number of hydrogen-bond donors (Lipinski definition) is 0. The van der Waals surface area contributed by atoms with Gasteiger partial charge in [0.15, 0.2) is 7.85 Å². The second-order valence-electron chi connectivity index (χ2n) is 8.17. The zero-order valence-electron chi connectivity index (χ0n) is 16.8. The minimum atomic E-state index is -0.477. The Bertz CT molecular complexity index is 819. The molecule has 2 heterocycles. The molecule has 0 saturated carbocycles. The van der Waals surface area contributed by atoms with Gasteiger partial charge in [0.1, 0.15) is 17.2 Å². The molecule has 1 aliphatic rings. The van der Waals surface area contributed by atoms with Crippen LogP contribution in [0.3, 0.4) is 0 Å². The Hall–Kier alpha value is -2.31. The predicted molar refractivity (Wildman–Crippen MR) is 107 cm³/mol. The van der Waals surface area contributed by atoms with Crippen molar-refractivity contribution in [1.29, 1.82) is 0 Å². The molecule has 1 fully saturated rings. The highest BCUT2D eigenvalue weighted by molar-refractivity contribution is 6.34. The number of aromatic nitrogens is 2. The van der Waals surface area contributed by atoms with Gasteiger partial charge in [-0.1, -0.05) is 0 Å². The molecule has 1 amide bonds. The van der Waals surface area contributed by atoms with Crippen molar-refractivity contribution in [2.75, 3.05) is 13.1 Å². The van der Waals surface area contributed by atoms with Crippen molar-refractivity contribution in [2.45, 2.75) is 52.2 Å². The standard InChI is InChI=1S/C20H27BFN3O2/c1-13-23-17(14-5-7-15(22)8-6-14)18(21)25(13)16-9-11-24(12-10-16)19(26)27-20(2,3)4/h5-8,16H,9-12,21H2,1-4H3. The third kappa shape index (κ3) is 4.34. The Morgan fingerprint density at radius 3 is 2.37 bits per heavy atom. The summed E-state index contributed by atoms with van der Waals surface area (Å²) in [5, 5.41) is 0. The average Bonchev–Trinajstić information content (AvgIpc) is 2.89. The molecule has 144 valence electrons. The molecular formula is C20H27BFN3O2. The monoisotopic (exact) mass is 371 g/mol. The maximum atomic E-state index is 13.2. The summed E-state index contributed by atoms with van der Waals surface area (Å²) >= 11 is 0. The number of amides is 1. The molecule has 1 aromatic carbocycles. The normalized spacial score (nSPS) is 15.8. The number of benzene rings is 1. The Morgan fingerprint density at radius 2 is 1.81 bits per heavy atom. The van der Waals surface area contributed by atoms with Gasteiger partial charge in [0.2, 0.25) is 0 Å². The average molecular weight is 371 g/mol. The van der Waals surface area contributed by atoms with Gasteiger partial charge in [-0.2, -0.15) is 0 Å². The summed E-state index contributed by atoms with van der Waals surface area (Å²) in [5.74, 6) is 0.699. The van der Waals surface area contributed by atoms with Crippen LogP contribution in [0.2, 0.25) is 0 Å². The first-order chi connectivity index (χ1) is 12.7. The maximum Gasteiger partial charge on any atom is 0.410 e. The fourth-order valence-corrected chi connectivity index (χ4v) is 3.71. The van der Waals surface area contributed by atoms with Crippen LogP contribution in [0, 0.1) is 12.7 Å². The number of likely N-dealkylation sites (tertiary alicyclic amines) is 1. The molecule has 2 aromatic rings. The number of carbonyl (C=O) groups excluding carboxylic acids is 1. The number of rotatable bonds is 2. The lowest BCUT2D eigenvalue weighted by molar-refractivity contribution is 0.0189. The second-order valence-corrected chi connectivity index (χ2v) is 8.17. The van der Waals surface area contributed by atoms with Gasteiger partial charge in [0.05, 0.1) is 5.69 Å². The van der Waals surface area contributed by atoms with Gasteiger partial charge in [-0.25, -0.2) is 14.2 Å². The summed E-state index contributed by atoms with van der Waals surface area (Å²) in [4.78, 5) is 18.8. The van der Waals surface area contributed by atoms with Crippen LogP contribution in [0.1, 0.15) is 45.5 Å². The lowest BCUT2D eigenvalue weighted by atomic mass is 9.95. The molecule has 1 saturated heterocycles. The molecule has 0 atom stereocenters. The molecule has 0 aliphatic carbocycles. The molecule has 3 rings (SSSR count). The Morgan fingerprint density at radius 1 is 1.22 bits per heavy atom. The van der Waals surface area contributed by atoms with Gasteiger partial charge in [-0.05, 0) is 70.4 Å². The van der Waals surface area contributed by atoms with Gasteiger partial charge in [0.25, 0.3) is 0 Å². The van der Waals surface area contributed by atoms with Crippen molar-refractivity contribution in [3.63, 3.8) is 0 Å². The predicted octanol–water partition coefficient (Wildman–Crippen LogP) is 2.83. The fraction of sp³-hybridized carbons (Fsp3) is 0.500. The smallest absolute Gasteiger partial charge is 0.410 e. The van der Waals surface area contributed by atoms with Crippen LogP contribution in [-0.4, -0.2) is 47.1 Å². The largest absolute Gasteiger partial charge is 0.444 e. The van der Waals surface area contributed by atoms with Gasteiger partial charge in [-0.15, -0.1) is 0 Å². The number of nitrogens with zero attached hydrogens (tertiary/aromatic N) is 3. The van der Waals surface area contributed by atoms with Crippen molar-refractivity contribution in [3.05, 3.63) is 35.9 Å². The van der Waals surface area contributed by atoms with Crippen LogP contribution in [0.5, 0.6) is 0 Å². The summed E-state index contributed by atoms with van der Waals surface area (Å²) in [6, 6.07) is 6.75. The van der Waals surface area contributed by atoms with Crippen LogP contribution < -0.4 is 5.59 Å². The van der Waals surface area contributed by atoms with E-state index in [1.54, 1.807) is 17.0 Å². The highest BCUT2D eigenvalue weighted by Gasteiger charge is 2.29. The third-order valence-electron chi connectivity index (χ3n) is 4.93. The van der Waals surface area contributed by atoms with Crippen LogP contribution in [0.4, 0.5) is 9.18 Å². The van der Waals surface area contributed by atoms with Crippen LogP contribution >= 0.6 is 0 Å². The van der Waals surface area contributed by atoms with E-state index in [1.807, 2.05) is 27.7 Å². The number of halogens is 1. The molecule has 1 aromatic heterocycles. The number of piperidine rings is 1. The van der Waals surface area contributed by atoms with Crippen molar-refractivity contribution in [2.24, 2.45) is 0 Å². The van der Waals surface area contributed by atoms with E-state index in [1.165, 1.54) is 12.1 Å².